The molecule has 1 aromatic rings. The molecule has 2 N–H and O–H groups in total. The molecule has 0 unspecified atom stereocenters. The van der Waals surface area contributed by atoms with Crippen LogP contribution in [0.25, 0.3) is 0 Å². The first-order chi connectivity index (χ1) is 9.49. The van der Waals surface area contributed by atoms with Crippen molar-refractivity contribution in [2.45, 2.75) is 19.3 Å². The van der Waals surface area contributed by atoms with Crippen molar-refractivity contribution in [1.29, 1.82) is 0 Å². The third-order valence-electron chi connectivity index (χ3n) is 3.13. The van der Waals surface area contributed by atoms with Crippen molar-refractivity contribution < 1.29 is 0 Å². The van der Waals surface area contributed by atoms with Crippen molar-refractivity contribution in [3.63, 3.8) is 0 Å². The second-order valence-electron chi connectivity index (χ2n) is 5.24. The molecule has 0 spiro atoms. The van der Waals surface area contributed by atoms with Crippen molar-refractivity contribution in [2.75, 3.05) is 32.1 Å². The average molecular weight is 442 g/mol. The maximum absolute atomic E-state index is 6.07. The minimum absolute atomic E-state index is 0. The highest BCUT2D eigenvalue weighted by Crippen LogP contribution is 2.24. The molecular weight excluding hydrogens is 417 g/mol. The van der Waals surface area contributed by atoms with Crippen molar-refractivity contribution >= 4 is 53.3 Å². The summed E-state index contributed by atoms with van der Waals surface area (Å²) in [5, 5.41) is 7.45. The summed E-state index contributed by atoms with van der Waals surface area (Å²) in [6.07, 6.45) is 2.10. The van der Waals surface area contributed by atoms with Crippen LogP contribution >= 0.6 is 47.3 Å². The highest BCUT2D eigenvalue weighted by molar-refractivity contribution is 14.0. The van der Waals surface area contributed by atoms with E-state index in [-0.39, 0.29) is 29.4 Å². The Morgan fingerprint density at radius 3 is 2.62 bits per heavy atom. The van der Waals surface area contributed by atoms with Gasteiger partial charge in [0.25, 0.3) is 0 Å². The van der Waals surface area contributed by atoms with Gasteiger partial charge in [0, 0.05) is 36.3 Å². The Kier molecular flexibility index (Phi) is 10.5. The standard InChI is InChI=1S/C15H24ClN3S.HI/c1-15(2,12-6-5-7-13(16)10-12)11-19-14(17-3)18-8-9-20-4;/h5-7,10H,8-9,11H2,1-4H3,(H2,17,18,19);1H. The zero-order valence-corrected chi connectivity index (χ0v) is 17.0. The summed E-state index contributed by atoms with van der Waals surface area (Å²) in [6, 6.07) is 8.02. The summed E-state index contributed by atoms with van der Waals surface area (Å²) in [7, 11) is 1.79. The predicted molar refractivity (Wildman–Crippen MR) is 108 cm³/mol. The van der Waals surface area contributed by atoms with Gasteiger partial charge in [0.1, 0.15) is 0 Å². The molecule has 0 radical (unpaired) electrons. The summed E-state index contributed by atoms with van der Waals surface area (Å²) >= 11 is 7.88. The molecule has 0 aromatic heterocycles. The Morgan fingerprint density at radius 2 is 2.05 bits per heavy atom. The molecule has 0 heterocycles. The summed E-state index contributed by atoms with van der Waals surface area (Å²) in [6.45, 7) is 6.10. The normalized spacial score (nSPS) is 11.8. The Balaban J connectivity index is 0.00000400. The number of hydrogen-bond donors (Lipinski definition) is 2. The number of nitrogens with zero attached hydrogens (tertiary/aromatic N) is 1. The number of aliphatic imine (C=N–C) groups is 1. The SMILES string of the molecule is CN=C(NCCSC)NCC(C)(C)c1cccc(Cl)c1.I. The average Bonchev–Trinajstić information content (AvgIpc) is 2.42. The van der Waals surface area contributed by atoms with Crippen LogP contribution in [0.4, 0.5) is 0 Å². The van der Waals surface area contributed by atoms with E-state index >= 15 is 0 Å². The first kappa shape index (κ1) is 20.9. The molecule has 0 bridgehead atoms. The van der Waals surface area contributed by atoms with Crippen LogP contribution in [0.3, 0.4) is 0 Å². The van der Waals surface area contributed by atoms with Crippen LogP contribution in [0.1, 0.15) is 19.4 Å². The highest BCUT2D eigenvalue weighted by Gasteiger charge is 2.21. The molecule has 0 amide bonds. The fourth-order valence-electron chi connectivity index (χ4n) is 1.81. The van der Waals surface area contributed by atoms with E-state index in [2.05, 4.69) is 41.8 Å². The van der Waals surface area contributed by atoms with E-state index in [0.29, 0.717) is 0 Å². The summed E-state index contributed by atoms with van der Waals surface area (Å²) < 4.78 is 0. The smallest absolute Gasteiger partial charge is 0.191 e. The molecule has 1 rings (SSSR count). The largest absolute Gasteiger partial charge is 0.356 e. The first-order valence-electron chi connectivity index (χ1n) is 6.69. The number of guanidine groups is 1. The minimum Gasteiger partial charge on any atom is -0.356 e. The summed E-state index contributed by atoms with van der Waals surface area (Å²) in [5.74, 6) is 1.91. The molecule has 0 saturated heterocycles. The van der Waals surface area contributed by atoms with Crippen molar-refractivity contribution in [3.8, 4) is 0 Å². The molecule has 120 valence electrons. The molecule has 0 aliphatic rings. The predicted octanol–water partition coefficient (Wildman–Crippen LogP) is 3.76. The lowest BCUT2D eigenvalue weighted by atomic mass is 9.84. The van der Waals surface area contributed by atoms with Crippen LogP contribution in [0.5, 0.6) is 0 Å². The number of rotatable bonds is 6. The lowest BCUT2D eigenvalue weighted by molar-refractivity contribution is 0.509. The van der Waals surface area contributed by atoms with E-state index in [0.717, 1.165) is 29.8 Å². The highest BCUT2D eigenvalue weighted by atomic mass is 127. The number of halogens is 2. The van der Waals surface area contributed by atoms with Gasteiger partial charge >= 0.3 is 0 Å². The number of hydrogen-bond acceptors (Lipinski definition) is 2. The maximum Gasteiger partial charge on any atom is 0.191 e. The maximum atomic E-state index is 6.07. The summed E-state index contributed by atoms with van der Waals surface area (Å²) in [4.78, 5) is 4.23. The van der Waals surface area contributed by atoms with Gasteiger partial charge in [-0.2, -0.15) is 11.8 Å². The fourth-order valence-corrected chi connectivity index (χ4v) is 2.30. The monoisotopic (exact) mass is 441 g/mol. The summed E-state index contributed by atoms with van der Waals surface area (Å²) in [5.41, 5.74) is 1.21. The quantitative estimate of drug-likeness (QED) is 0.305. The number of nitrogens with one attached hydrogen (secondary N) is 2. The third-order valence-corrected chi connectivity index (χ3v) is 3.97. The second-order valence-corrected chi connectivity index (χ2v) is 6.66. The van der Waals surface area contributed by atoms with Crippen LogP contribution in [-0.4, -0.2) is 38.1 Å². The third kappa shape index (κ3) is 7.61. The molecule has 3 nitrogen and oxygen atoms in total. The Hall–Kier alpha value is -0.140. The van der Waals surface area contributed by atoms with Crippen molar-refractivity contribution in [2.24, 2.45) is 4.99 Å². The van der Waals surface area contributed by atoms with Crippen LogP contribution in [0.2, 0.25) is 5.02 Å². The van der Waals surface area contributed by atoms with Crippen LogP contribution in [0.15, 0.2) is 29.3 Å². The zero-order chi connectivity index (χ0) is 15.0. The van der Waals surface area contributed by atoms with Gasteiger partial charge in [0.15, 0.2) is 5.96 Å². The minimum atomic E-state index is -0.0119. The van der Waals surface area contributed by atoms with E-state index in [1.807, 2.05) is 30.0 Å². The van der Waals surface area contributed by atoms with Crippen molar-refractivity contribution in [3.05, 3.63) is 34.9 Å². The molecule has 6 heteroatoms. The van der Waals surface area contributed by atoms with Crippen LogP contribution in [0, 0.1) is 0 Å². The van der Waals surface area contributed by atoms with Crippen molar-refractivity contribution in [1.82, 2.24) is 10.6 Å². The Labute approximate surface area is 154 Å². The van der Waals surface area contributed by atoms with E-state index in [9.17, 15) is 0 Å². The lowest BCUT2D eigenvalue weighted by Gasteiger charge is -2.27. The van der Waals surface area contributed by atoms with Gasteiger partial charge in [-0.3, -0.25) is 4.99 Å². The molecule has 0 fully saturated rings. The van der Waals surface area contributed by atoms with Gasteiger partial charge in [-0.1, -0.05) is 37.6 Å². The molecule has 1 aromatic carbocycles. The van der Waals surface area contributed by atoms with Gasteiger partial charge in [0.2, 0.25) is 0 Å². The second kappa shape index (κ2) is 10.6. The van der Waals surface area contributed by atoms with E-state index in [1.54, 1.807) is 7.05 Å². The zero-order valence-electron chi connectivity index (χ0n) is 13.1. The molecule has 0 aliphatic carbocycles. The van der Waals surface area contributed by atoms with Gasteiger partial charge < -0.3 is 10.6 Å². The van der Waals surface area contributed by atoms with Gasteiger partial charge in [0.05, 0.1) is 0 Å². The molecule has 0 saturated carbocycles. The van der Waals surface area contributed by atoms with E-state index in [1.165, 1.54) is 5.56 Å². The lowest BCUT2D eigenvalue weighted by Crippen LogP contribution is -2.44. The molecule has 21 heavy (non-hydrogen) atoms. The van der Waals surface area contributed by atoms with E-state index in [4.69, 9.17) is 11.6 Å². The van der Waals surface area contributed by atoms with Gasteiger partial charge in [-0.15, -0.1) is 24.0 Å². The molecular formula is C15H25ClIN3S. The Bertz CT molecular complexity index is 452. The topological polar surface area (TPSA) is 36.4 Å². The number of benzene rings is 1. The first-order valence-corrected chi connectivity index (χ1v) is 8.46. The van der Waals surface area contributed by atoms with Crippen LogP contribution in [-0.2, 0) is 5.41 Å². The van der Waals surface area contributed by atoms with Crippen LogP contribution < -0.4 is 10.6 Å². The molecule has 0 atom stereocenters. The van der Waals surface area contributed by atoms with Gasteiger partial charge in [-0.25, -0.2) is 0 Å². The van der Waals surface area contributed by atoms with E-state index < -0.39 is 0 Å². The Morgan fingerprint density at radius 1 is 1.33 bits per heavy atom. The fraction of sp³-hybridized carbons (Fsp3) is 0.533. The molecule has 0 aliphatic heterocycles. The number of thioether (sulfide) groups is 1. The van der Waals surface area contributed by atoms with Gasteiger partial charge in [-0.05, 0) is 24.0 Å².